The van der Waals surface area contributed by atoms with Gasteiger partial charge in [-0.1, -0.05) is 22.1 Å². The Balaban J connectivity index is 1.87. The number of pyridine rings is 1. The third kappa shape index (κ3) is 3.83. The van der Waals surface area contributed by atoms with Crippen molar-refractivity contribution >= 4 is 43.3 Å². The molecule has 0 unspecified atom stereocenters. The normalized spacial score (nSPS) is 11.9. The Hall–Kier alpha value is -4.36. The summed E-state index contributed by atoms with van der Waals surface area (Å²) in [5.41, 5.74) is 3.26. The number of aromatic amines is 1. The first-order valence-corrected chi connectivity index (χ1v) is 12.3. The number of ether oxygens (including phenoxy) is 1. The fourth-order valence-electron chi connectivity index (χ4n) is 4.63. The van der Waals surface area contributed by atoms with E-state index >= 15 is 0 Å². The molecule has 0 aliphatic carbocycles. The average Bonchev–Trinajstić information content (AvgIpc) is 3.20. The number of nitrogens with zero attached hydrogens (tertiary/aromatic N) is 2. The highest BCUT2D eigenvalue weighted by Gasteiger charge is 2.21. The minimum atomic E-state index is -5.19. The highest BCUT2D eigenvalue weighted by Crippen LogP contribution is 2.37. The maximum absolute atomic E-state index is 13.7. The molecule has 0 atom stereocenters. The molecule has 10 heteroatoms. The molecular weight excluding hydrogens is 485 g/mol. The van der Waals surface area contributed by atoms with Crippen LogP contribution in [0.4, 0.5) is 3.89 Å². The van der Waals surface area contributed by atoms with Crippen LogP contribution in [-0.4, -0.2) is 25.1 Å². The van der Waals surface area contributed by atoms with Crippen molar-refractivity contribution in [3.8, 4) is 28.7 Å². The summed E-state index contributed by atoms with van der Waals surface area (Å²) in [5, 5.41) is 10.9. The van der Waals surface area contributed by atoms with Crippen molar-refractivity contribution in [3.63, 3.8) is 0 Å². The van der Waals surface area contributed by atoms with Crippen LogP contribution in [0.5, 0.6) is 11.5 Å². The fraction of sp³-hybridized carbons (Fsp3) is 0.154. The van der Waals surface area contributed by atoms with Crippen molar-refractivity contribution in [2.45, 2.75) is 19.9 Å². The fourth-order valence-corrected chi connectivity index (χ4v) is 4.96. The maximum Gasteiger partial charge on any atom is 0.488 e. The van der Waals surface area contributed by atoms with Crippen molar-refractivity contribution in [1.29, 1.82) is 5.26 Å². The number of methoxy groups -OCH3 is 1. The summed E-state index contributed by atoms with van der Waals surface area (Å²) in [7, 11) is -3.73. The van der Waals surface area contributed by atoms with Gasteiger partial charge in [0.1, 0.15) is 17.1 Å². The zero-order chi connectivity index (χ0) is 25.8. The van der Waals surface area contributed by atoms with Crippen molar-refractivity contribution in [2.75, 3.05) is 7.11 Å². The standard InChI is InChI=1S/C26H20FN3O5S/c1-14(2)30-22-11-19(16-5-4-6-17(10-16)35-36(27,32)33)23(34-3)12-20(22)25(31)24-18-8-7-15(13-28)9-21(18)29-26(24)30/h4-12,14,29H,1-3H3. The van der Waals surface area contributed by atoms with Crippen LogP contribution >= 0.6 is 0 Å². The average molecular weight is 506 g/mol. The molecular formula is C26H20FN3O5S. The summed E-state index contributed by atoms with van der Waals surface area (Å²) in [5.74, 6) is 0.180. The van der Waals surface area contributed by atoms with Gasteiger partial charge in [0.2, 0.25) is 0 Å². The Labute approximate surface area is 205 Å². The van der Waals surface area contributed by atoms with Crippen LogP contribution in [0, 0.1) is 11.3 Å². The molecule has 0 saturated carbocycles. The Morgan fingerprint density at radius 3 is 2.53 bits per heavy atom. The number of nitrogens with one attached hydrogen (secondary N) is 1. The molecule has 0 aliphatic rings. The molecule has 0 radical (unpaired) electrons. The number of nitriles is 1. The minimum Gasteiger partial charge on any atom is -0.496 e. The first-order chi connectivity index (χ1) is 17.1. The summed E-state index contributed by atoms with van der Waals surface area (Å²) < 4.78 is 47.0. The highest BCUT2D eigenvalue weighted by atomic mass is 32.3. The predicted octanol–water partition coefficient (Wildman–Crippen LogP) is 5.36. The van der Waals surface area contributed by atoms with Crippen LogP contribution in [0.2, 0.25) is 0 Å². The summed E-state index contributed by atoms with van der Waals surface area (Å²) >= 11 is 0. The lowest BCUT2D eigenvalue weighted by Gasteiger charge is -2.19. The van der Waals surface area contributed by atoms with Gasteiger partial charge in [-0.25, -0.2) is 0 Å². The number of hydrogen-bond acceptors (Lipinski definition) is 6. The first kappa shape index (κ1) is 23.4. The number of benzene rings is 3. The third-order valence-corrected chi connectivity index (χ3v) is 6.45. The van der Waals surface area contributed by atoms with Gasteiger partial charge in [0, 0.05) is 22.5 Å². The molecule has 3 aromatic carbocycles. The molecule has 0 spiro atoms. The van der Waals surface area contributed by atoms with Gasteiger partial charge < -0.3 is 18.5 Å². The molecule has 2 heterocycles. The van der Waals surface area contributed by atoms with E-state index in [9.17, 15) is 22.4 Å². The molecule has 5 rings (SSSR count). The van der Waals surface area contributed by atoms with Crippen LogP contribution < -0.4 is 14.3 Å². The third-order valence-electron chi connectivity index (χ3n) is 6.06. The van der Waals surface area contributed by atoms with Gasteiger partial charge in [0.25, 0.3) is 0 Å². The Morgan fingerprint density at radius 2 is 1.86 bits per heavy atom. The molecule has 0 bridgehead atoms. The molecule has 182 valence electrons. The van der Waals surface area contributed by atoms with E-state index in [1.54, 1.807) is 36.4 Å². The summed E-state index contributed by atoms with van der Waals surface area (Å²) in [6, 6.07) is 16.6. The summed E-state index contributed by atoms with van der Waals surface area (Å²) in [6.07, 6.45) is 0. The van der Waals surface area contributed by atoms with Crippen LogP contribution in [0.1, 0.15) is 25.5 Å². The Kier molecular flexibility index (Phi) is 5.45. The van der Waals surface area contributed by atoms with Crippen LogP contribution in [0.15, 0.2) is 59.4 Å². The molecule has 0 fully saturated rings. The lowest BCUT2D eigenvalue weighted by molar-refractivity contribution is 0.417. The van der Waals surface area contributed by atoms with Gasteiger partial charge in [0.15, 0.2) is 5.43 Å². The molecule has 1 N–H and O–H groups in total. The van der Waals surface area contributed by atoms with Crippen LogP contribution in [0.3, 0.4) is 0 Å². The zero-order valence-electron chi connectivity index (χ0n) is 19.5. The van der Waals surface area contributed by atoms with E-state index in [2.05, 4.69) is 15.2 Å². The van der Waals surface area contributed by atoms with E-state index in [1.807, 2.05) is 18.4 Å². The smallest absolute Gasteiger partial charge is 0.488 e. The monoisotopic (exact) mass is 505 g/mol. The number of fused-ring (bicyclic) bond motifs is 4. The Morgan fingerprint density at radius 1 is 1.08 bits per heavy atom. The molecule has 0 aliphatic heterocycles. The van der Waals surface area contributed by atoms with Gasteiger partial charge in [-0.3, -0.25) is 4.79 Å². The lowest BCUT2D eigenvalue weighted by atomic mass is 10.00. The quantitative estimate of drug-likeness (QED) is 0.322. The second kappa shape index (κ2) is 8.39. The molecule has 5 aromatic rings. The van der Waals surface area contributed by atoms with Crippen molar-refractivity contribution in [3.05, 3.63) is 70.4 Å². The number of rotatable bonds is 5. The number of H-pyrrole nitrogens is 1. The molecule has 0 saturated heterocycles. The SMILES string of the molecule is COc1cc2c(=O)c3c4ccc(C#N)cc4[nH]c3n(C(C)C)c2cc1-c1cccc(OS(=O)(=O)F)c1. The van der Waals surface area contributed by atoms with Crippen molar-refractivity contribution < 1.29 is 21.2 Å². The van der Waals surface area contributed by atoms with E-state index in [0.29, 0.717) is 55.3 Å². The van der Waals surface area contributed by atoms with Gasteiger partial charge >= 0.3 is 10.5 Å². The number of hydrogen-bond donors (Lipinski definition) is 1. The molecule has 2 aromatic heterocycles. The number of aromatic nitrogens is 2. The number of halogens is 1. The second-order valence-corrected chi connectivity index (χ2v) is 9.54. The topological polar surface area (TPSA) is 114 Å². The predicted molar refractivity (Wildman–Crippen MR) is 135 cm³/mol. The molecule has 0 amide bonds. The molecule has 8 nitrogen and oxygen atoms in total. The van der Waals surface area contributed by atoms with E-state index in [1.165, 1.54) is 25.3 Å². The van der Waals surface area contributed by atoms with E-state index in [4.69, 9.17) is 4.74 Å². The van der Waals surface area contributed by atoms with Crippen molar-refractivity contribution in [2.24, 2.45) is 0 Å². The van der Waals surface area contributed by atoms with Crippen LogP contribution in [0.25, 0.3) is 44.0 Å². The second-order valence-electron chi connectivity index (χ2n) is 8.59. The van der Waals surface area contributed by atoms with E-state index in [-0.39, 0.29) is 17.2 Å². The van der Waals surface area contributed by atoms with Crippen molar-refractivity contribution in [1.82, 2.24) is 9.55 Å². The van der Waals surface area contributed by atoms with Gasteiger partial charge in [-0.2, -0.15) is 13.7 Å². The minimum absolute atomic E-state index is 0.0632. The van der Waals surface area contributed by atoms with Gasteiger partial charge in [-0.05, 0) is 55.8 Å². The maximum atomic E-state index is 13.7. The molecule has 36 heavy (non-hydrogen) atoms. The van der Waals surface area contributed by atoms with Crippen LogP contribution in [-0.2, 0) is 10.5 Å². The Bertz CT molecular complexity index is 1900. The van der Waals surface area contributed by atoms with Gasteiger partial charge in [-0.15, -0.1) is 0 Å². The zero-order valence-corrected chi connectivity index (χ0v) is 20.3. The summed E-state index contributed by atoms with van der Waals surface area (Å²) in [6.45, 7) is 3.97. The largest absolute Gasteiger partial charge is 0.496 e. The van der Waals surface area contributed by atoms with E-state index in [0.717, 1.165) is 0 Å². The van der Waals surface area contributed by atoms with Gasteiger partial charge in [0.05, 0.1) is 35.0 Å². The van der Waals surface area contributed by atoms with E-state index < -0.39 is 10.5 Å². The highest BCUT2D eigenvalue weighted by molar-refractivity contribution is 7.81. The lowest BCUT2D eigenvalue weighted by Crippen LogP contribution is -2.13. The summed E-state index contributed by atoms with van der Waals surface area (Å²) in [4.78, 5) is 17.0. The first-order valence-electron chi connectivity index (χ1n) is 11.0.